The number of aryl methyl sites for hydroxylation is 2. The number of halogens is 1. The van der Waals surface area contributed by atoms with Crippen molar-refractivity contribution in [1.82, 2.24) is 15.3 Å². The fourth-order valence-electron chi connectivity index (χ4n) is 2.74. The van der Waals surface area contributed by atoms with Crippen LogP contribution in [0.2, 0.25) is 0 Å². The normalized spacial score (nSPS) is 11.1. The molecular weight excluding hydrogens is 399 g/mol. The summed E-state index contributed by atoms with van der Waals surface area (Å²) < 4.78 is 13.1. The average molecular weight is 423 g/mol. The summed E-state index contributed by atoms with van der Waals surface area (Å²) in [7, 11) is 0. The summed E-state index contributed by atoms with van der Waals surface area (Å²) in [5.41, 5.74) is 3.55. The zero-order valence-electron chi connectivity index (χ0n) is 16.8. The number of hydrogen-bond donors (Lipinski definition) is 3. The maximum atomic E-state index is 13.1. The molecule has 1 heterocycles. The van der Waals surface area contributed by atoms with Crippen molar-refractivity contribution >= 4 is 34.9 Å². The molecule has 0 aliphatic carbocycles. The Morgan fingerprint density at radius 2 is 1.63 bits per heavy atom. The van der Waals surface area contributed by atoms with Crippen LogP contribution in [0, 0.1) is 19.7 Å². The number of para-hydroxylation sites is 1. The first-order valence-electron chi connectivity index (χ1n) is 9.49. The van der Waals surface area contributed by atoms with Gasteiger partial charge in [0, 0.05) is 23.6 Å². The number of nitrogens with zero attached hydrogens (tertiary/aromatic N) is 3. The summed E-state index contributed by atoms with van der Waals surface area (Å²) in [6.07, 6.45) is 0.652. The van der Waals surface area contributed by atoms with Crippen LogP contribution >= 0.6 is 12.2 Å². The van der Waals surface area contributed by atoms with Gasteiger partial charge in [0.15, 0.2) is 5.11 Å². The Morgan fingerprint density at radius 1 is 0.967 bits per heavy atom. The predicted molar refractivity (Wildman–Crippen MR) is 123 cm³/mol. The smallest absolute Gasteiger partial charge is 0.229 e. The van der Waals surface area contributed by atoms with E-state index in [2.05, 4.69) is 30.9 Å². The van der Waals surface area contributed by atoms with Gasteiger partial charge in [-0.1, -0.05) is 30.3 Å². The zero-order chi connectivity index (χ0) is 21.3. The third kappa shape index (κ3) is 6.89. The van der Waals surface area contributed by atoms with Crippen LogP contribution in [0.4, 0.5) is 16.0 Å². The molecule has 3 aromatic rings. The van der Waals surface area contributed by atoms with Crippen molar-refractivity contribution in [3.8, 4) is 0 Å². The van der Waals surface area contributed by atoms with Crippen molar-refractivity contribution in [3.05, 3.63) is 83.4 Å². The Bertz CT molecular complexity index is 1000. The maximum absolute atomic E-state index is 13.1. The lowest BCUT2D eigenvalue weighted by atomic mass is 10.1. The molecule has 30 heavy (non-hydrogen) atoms. The summed E-state index contributed by atoms with van der Waals surface area (Å²) in [6.45, 7) is 4.28. The van der Waals surface area contributed by atoms with Gasteiger partial charge in [-0.25, -0.2) is 14.4 Å². The lowest BCUT2D eigenvalue weighted by molar-refractivity contribution is 0.627. The van der Waals surface area contributed by atoms with Crippen LogP contribution in [0.1, 0.15) is 17.0 Å². The van der Waals surface area contributed by atoms with Crippen LogP contribution in [-0.4, -0.2) is 27.6 Å². The number of benzene rings is 2. The molecule has 3 N–H and O–H groups in total. The number of thiocarbonyl (C=S) groups is 1. The van der Waals surface area contributed by atoms with Gasteiger partial charge in [-0.3, -0.25) is 10.3 Å². The first kappa shape index (κ1) is 21.3. The van der Waals surface area contributed by atoms with Gasteiger partial charge in [0.1, 0.15) is 5.82 Å². The summed E-state index contributed by atoms with van der Waals surface area (Å²) in [6, 6.07) is 17.9. The second kappa shape index (κ2) is 10.4. The van der Waals surface area contributed by atoms with Crippen LogP contribution in [0.25, 0.3) is 0 Å². The highest BCUT2D eigenvalue weighted by molar-refractivity contribution is 7.80. The molecule has 0 spiro atoms. The molecule has 6 nitrogen and oxygen atoms in total. The first-order valence-corrected chi connectivity index (χ1v) is 9.90. The van der Waals surface area contributed by atoms with Gasteiger partial charge in [0.05, 0.1) is 0 Å². The van der Waals surface area contributed by atoms with Gasteiger partial charge >= 0.3 is 0 Å². The molecule has 0 atom stereocenters. The number of hydrogen-bond acceptors (Lipinski definition) is 4. The number of anilines is 2. The topological polar surface area (TPSA) is 74.2 Å². The lowest BCUT2D eigenvalue weighted by Gasteiger charge is -2.14. The minimum atomic E-state index is -0.254. The van der Waals surface area contributed by atoms with Gasteiger partial charge in [-0.2, -0.15) is 0 Å². The minimum absolute atomic E-state index is 0.254. The van der Waals surface area contributed by atoms with Crippen LogP contribution in [0.15, 0.2) is 65.7 Å². The lowest BCUT2D eigenvalue weighted by Crippen LogP contribution is -2.39. The Labute approximate surface area is 180 Å². The van der Waals surface area contributed by atoms with E-state index >= 15 is 0 Å². The molecule has 0 unspecified atom stereocenters. The van der Waals surface area contributed by atoms with Gasteiger partial charge in [0.25, 0.3) is 0 Å². The number of rotatable bonds is 5. The van der Waals surface area contributed by atoms with E-state index in [1.54, 1.807) is 12.1 Å². The van der Waals surface area contributed by atoms with Crippen molar-refractivity contribution < 1.29 is 4.39 Å². The molecular formula is C22H23FN6S. The van der Waals surface area contributed by atoms with E-state index in [1.165, 1.54) is 12.1 Å². The fraction of sp³-hybridized carbons (Fsp3) is 0.182. The number of aromatic nitrogens is 2. The molecule has 8 heteroatoms. The highest BCUT2D eigenvalue weighted by Gasteiger charge is 2.07. The van der Waals surface area contributed by atoms with Crippen molar-refractivity contribution in [2.45, 2.75) is 20.3 Å². The maximum Gasteiger partial charge on any atom is 0.229 e. The highest BCUT2D eigenvalue weighted by atomic mass is 32.1. The van der Waals surface area contributed by atoms with E-state index in [9.17, 15) is 4.39 Å². The second-order valence-corrected chi connectivity index (χ2v) is 7.06. The van der Waals surface area contributed by atoms with Crippen LogP contribution in [0.3, 0.4) is 0 Å². The molecule has 0 radical (unpaired) electrons. The molecule has 0 aliphatic rings. The second-order valence-electron chi connectivity index (χ2n) is 6.65. The molecule has 1 aromatic heterocycles. The average Bonchev–Trinajstić information content (AvgIpc) is 2.69. The fourth-order valence-corrected chi connectivity index (χ4v) is 2.95. The first-order chi connectivity index (χ1) is 14.5. The summed E-state index contributed by atoms with van der Waals surface area (Å²) in [5.74, 6) is 0.606. The predicted octanol–water partition coefficient (Wildman–Crippen LogP) is 4.23. The molecule has 0 bridgehead atoms. The molecule has 2 aromatic carbocycles. The summed E-state index contributed by atoms with van der Waals surface area (Å²) in [5, 5.41) is 9.67. The molecule has 3 rings (SSSR count). The van der Waals surface area contributed by atoms with Crippen LogP contribution < -0.4 is 16.0 Å². The highest BCUT2D eigenvalue weighted by Crippen LogP contribution is 2.07. The van der Waals surface area contributed by atoms with Crippen molar-refractivity contribution in [3.63, 3.8) is 0 Å². The van der Waals surface area contributed by atoms with E-state index in [4.69, 9.17) is 12.2 Å². The third-order valence-electron chi connectivity index (χ3n) is 4.06. The quantitative estimate of drug-likeness (QED) is 0.325. The Balaban J connectivity index is 1.71. The SMILES string of the molecule is Cc1cc(C)nc(NC(=NCCc2ccc(F)cc2)NC(=S)Nc2ccccc2)n1. The van der Waals surface area contributed by atoms with Crippen molar-refractivity contribution in [2.75, 3.05) is 17.2 Å². The number of nitrogens with one attached hydrogen (secondary N) is 3. The van der Waals surface area contributed by atoms with Crippen LogP contribution in [-0.2, 0) is 6.42 Å². The van der Waals surface area contributed by atoms with E-state index in [-0.39, 0.29) is 5.82 Å². The molecule has 0 saturated carbocycles. The van der Waals surface area contributed by atoms with Gasteiger partial charge in [-0.05, 0) is 68.4 Å². The monoisotopic (exact) mass is 422 g/mol. The van der Waals surface area contributed by atoms with E-state index in [1.807, 2.05) is 50.2 Å². The molecule has 0 amide bonds. The molecule has 0 aliphatic heterocycles. The number of aliphatic imine (C=N–C) groups is 1. The largest absolute Gasteiger partial charge is 0.332 e. The summed E-state index contributed by atoms with van der Waals surface area (Å²) in [4.78, 5) is 13.4. The van der Waals surface area contributed by atoms with E-state index < -0.39 is 0 Å². The third-order valence-corrected chi connectivity index (χ3v) is 4.26. The Morgan fingerprint density at radius 3 is 2.30 bits per heavy atom. The van der Waals surface area contributed by atoms with Crippen LogP contribution in [0.5, 0.6) is 0 Å². The Hall–Kier alpha value is -3.39. The zero-order valence-corrected chi connectivity index (χ0v) is 17.6. The van der Waals surface area contributed by atoms with E-state index in [0.717, 1.165) is 22.6 Å². The molecule has 0 fully saturated rings. The van der Waals surface area contributed by atoms with E-state index in [0.29, 0.717) is 30.0 Å². The standard InChI is InChI=1S/C22H23FN6S/c1-15-14-16(2)26-21(25-15)28-20(24-13-12-17-8-10-18(23)11-9-17)29-22(30)27-19-6-4-3-5-7-19/h3-11,14H,12-13H2,1-2H3,(H3,24,25,26,27,28,29,30). The van der Waals surface area contributed by atoms with Gasteiger partial charge < -0.3 is 10.6 Å². The molecule has 0 saturated heterocycles. The van der Waals surface area contributed by atoms with Gasteiger partial charge in [-0.15, -0.1) is 0 Å². The minimum Gasteiger partial charge on any atom is -0.332 e. The number of guanidine groups is 1. The molecule has 154 valence electrons. The Kier molecular flexibility index (Phi) is 7.40. The van der Waals surface area contributed by atoms with Gasteiger partial charge in [0.2, 0.25) is 11.9 Å². The van der Waals surface area contributed by atoms with Crippen molar-refractivity contribution in [1.29, 1.82) is 0 Å². The van der Waals surface area contributed by atoms with Crippen molar-refractivity contribution in [2.24, 2.45) is 4.99 Å². The summed E-state index contributed by atoms with van der Waals surface area (Å²) >= 11 is 5.41.